The van der Waals surface area contributed by atoms with E-state index >= 15 is 0 Å². The van der Waals surface area contributed by atoms with Crippen LogP contribution in [0.4, 0.5) is 0 Å². The molecule has 0 radical (unpaired) electrons. The highest BCUT2D eigenvalue weighted by Crippen LogP contribution is 2.36. The molecule has 0 aromatic heterocycles. The number of hydrogen-bond acceptors (Lipinski definition) is 6. The Hall–Kier alpha value is -1.50. The van der Waals surface area contributed by atoms with Gasteiger partial charge in [0, 0.05) is 11.6 Å². The number of nitrogens with two attached hydrogens (primary N) is 2. The van der Waals surface area contributed by atoms with Gasteiger partial charge >= 0.3 is 0 Å². The van der Waals surface area contributed by atoms with Crippen LogP contribution in [0.5, 0.6) is 17.2 Å². The van der Waals surface area contributed by atoms with Crippen LogP contribution in [0.1, 0.15) is 11.7 Å². The van der Waals surface area contributed by atoms with Crippen molar-refractivity contribution in [3.8, 4) is 17.2 Å². The van der Waals surface area contributed by atoms with E-state index in [4.69, 9.17) is 25.8 Å². The number of hydrazine groups is 1. The predicted octanol–water partition coefficient (Wildman–Crippen LogP) is 0.133. The average molecular weight is 227 g/mol. The number of benzene rings is 1. The molecule has 5 N–H and O–H groups in total. The Bertz CT molecular complexity index is 357. The van der Waals surface area contributed by atoms with Crippen molar-refractivity contribution in [1.82, 2.24) is 5.43 Å². The molecule has 0 saturated carbocycles. The summed E-state index contributed by atoms with van der Waals surface area (Å²) in [6.07, 6.45) is -0.533. The van der Waals surface area contributed by atoms with E-state index in [1.165, 1.54) is 0 Å². The summed E-state index contributed by atoms with van der Waals surface area (Å²) in [7, 11) is 4.65. The van der Waals surface area contributed by atoms with Gasteiger partial charge in [0.15, 0.2) is 11.5 Å². The zero-order valence-corrected chi connectivity index (χ0v) is 9.61. The minimum absolute atomic E-state index is 0.533. The van der Waals surface area contributed by atoms with E-state index in [-0.39, 0.29) is 0 Å². The van der Waals surface area contributed by atoms with Crippen LogP contribution in [-0.4, -0.2) is 21.3 Å². The first-order valence-electron chi connectivity index (χ1n) is 4.69. The second-order valence-corrected chi connectivity index (χ2v) is 3.09. The van der Waals surface area contributed by atoms with Gasteiger partial charge in [-0.3, -0.25) is 5.84 Å². The number of methoxy groups -OCH3 is 3. The summed E-state index contributed by atoms with van der Waals surface area (Å²) < 4.78 is 15.5. The Balaban J connectivity index is 3.25. The molecule has 0 fully saturated rings. The maximum Gasteiger partial charge on any atom is 0.164 e. The third-order valence-corrected chi connectivity index (χ3v) is 2.25. The fourth-order valence-electron chi connectivity index (χ4n) is 1.39. The molecule has 0 aliphatic rings. The summed E-state index contributed by atoms with van der Waals surface area (Å²) in [5.41, 5.74) is 8.92. The van der Waals surface area contributed by atoms with Crippen molar-refractivity contribution in [3.63, 3.8) is 0 Å². The fraction of sp³-hybridized carbons (Fsp3) is 0.400. The largest absolute Gasteiger partial charge is 0.496 e. The highest BCUT2D eigenvalue weighted by Gasteiger charge is 2.15. The SMILES string of the molecule is COc1cc(OC)c(C(N)NN)cc1OC. The van der Waals surface area contributed by atoms with E-state index in [9.17, 15) is 0 Å². The van der Waals surface area contributed by atoms with Crippen LogP contribution in [0.25, 0.3) is 0 Å². The molecular weight excluding hydrogens is 210 g/mol. The van der Waals surface area contributed by atoms with Crippen LogP contribution in [0.2, 0.25) is 0 Å². The quantitative estimate of drug-likeness (QED) is 0.376. The second kappa shape index (κ2) is 5.55. The third kappa shape index (κ3) is 2.35. The second-order valence-electron chi connectivity index (χ2n) is 3.09. The average Bonchev–Trinajstić information content (AvgIpc) is 2.35. The van der Waals surface area contributed by atoms with Crippen LogP contribution < -0.4 is 31.2 Å². The van der Waals surface area contributed by atoms with Crippen LogP contribution in [0, 0.1) is 0 Å². The summed E-state index contributed by atoms with van der Waals surface area (Å²) in [6, 6.07) is 3.42. The molecule has 1 unspecified atom stereocenters. The normalized spacial score (nSPS) is 12.1. The van der Waals surface area contributed by atoms with Crippen molar-refractivity contribution in [1.29, 1.82) is 0 Å². The maximum atomic E-state index is 5.77. The lowest BCUT2D eigenvalue weighted by molar-refractivity contribution is 0.345. The van der Waals surface area contributed by atoms with Gasteiger partial charge in [-0.1, -0.05) is 0 Å². The van der Waals surface area contributed by atoms with E-state index in [0.717, 1.165) is 0 Å². The van der Waals surface area contributed by atoms with Gasteiger partial charge in [-0.25, -0.2) is 5.43 Å². The monoisotopic (exact) mass is 227 g/mol. The van der Waals surface area contributed by atoms with Crippen LogP contribution in [-0.2, 0) is 0 Å². The summed E-state index contributed by atoms with van der Waals surface area (Å²) in [4.78, 5) is 0. The summed E-state index contributed by atoms with van der Waals surface area (Å²) in [5, 5.41) is 0. The molecule has 0 saturated heterocycles. The van der Waals surface area contributed by atoms with E-state index < -0.39 is 6.17 Å². The van der Waals surface area contributed by atoms with Crippen LogP contribution >= 0.6 is 0 Å². The standard InChI is InChI=1S/C10H17N3O3/c1-14-7-5-9(16-3)8(15-2)4-6(7)10(11)13-12/h4-5,10,13H,11-12H2,1-3H3. The first-order chi connectivity index (χ1) is 7.67. The first-order valence-corrected chi connectivity index (χ1v) is 4.69. The maximum absolute atomic E-state index is 5.77. The van der Waals surface area contributed by atoms with E-state index in [2.05, 4.69) is 5.43 Å². The van der Waals surface area contributed by atoms with Crippen LogP contribution in [0.3, 0.4) is 0 Å². The van der Waals surface area contributed by atoms with E-state index in [1.54, 1.807) is 33.5 Å². The lowest BCUT2D eigenvalue weighted by Crippen LogP contribution is -2.34. The highest BCUT2D eigenvalue weighted by atomic mass is 16.5. The Morgan fingerprint density at radius 3 is 1.94 bits per heavy atom. The minimum Gasteiger partial charge on any atom is -0.496 e. The lowest BCUT2D eigenvalue weighted by atomic mass is 10.1. The molecule has 0 heterocycles. The van der Waals surface area contributed by atoms with Gasteiger partial charge in [0.05, 0.1) is 27.5 Å². The number of hydrogen-bond donors (Lipinski definition) is 3. The van der Waals surface area contributed by atoms with Crippen molar-refractivity contribution in [2.45, 2.75) is 6.17 Å². The van der Waals surface area contributed by atoms with Crippen molar-refractivity contribution in [3.05, 3.63) is 17.7 Å². The Kier molecular flexibility index (Phi) is 4.36. The van der Waals surface area contributed by atoms with Crippen molar-refractivity contribution in [2.75, 3.05) is 21.3 Å². The Morgan fingerprint density at radius 2 is 1.50 bits per heavy atom. The summed E-state index contributed by atoms with van der Waals surface area (Å²) in [6.45, 7) is 0. The summed E-state index contributed by atoms with van der Waals surface area (Å²) >= 11 is 0. The Labute approximate surface area is 94.4 Å². The smallest absolute Gasteiger partial charge is 0.164 e. The van der Waals surface area contributed by atoms with Gasteiger partial charge in [-0.2, -0.15) is 0 Å². The van der Waals surface area contributed by atoms with Crippen molar-refractivity contribution >= 4 is 0 Å². The van der Waals surface area contributed by atoms with E-state index in [0.29, 0.717) is 22.8 Å². The molecule has 1 rings (SSSR count). The molecule has 6 nitrogen and oxygen atoms in total. The Morgan fingerprint density at radius 1 is 1.00 bits per heavy atom. The van der Waals surface area contributed by atoms with E-state index in [1.807, 2.05) is 0 Å². The van der Waals surface area contributed by atoms with Crippen molar-refractivity contribution in [2.24, 2.45) is 11.6 Å². The lowest BCUT2D eigenvalue weighted by Gasteiger charge is -2.17. The molecule has 6 heteroatoms. The topological polar surface area (TPSA) is 91.8 Å². The van der Waals surface area contributed by atoms with Crippen LogP contribution in [0.15, 0.2) is 12.1 Å². The van der Waals surface area contributed by atoms with Gasteiger partial charge in [0.2, 0.25) is 0 Å². The summed E-state index contributed by atoms with van der Waals surface area (Å²) in [5.74, 6) is 7.02. The highest BCUT2D eigenvalue weighted by molar-refractivity contribution is 5.51. The van der Waals surface area contributed by atoms with Gasteiger partial charge in [0.1, 0.15) is 5.75 Å². The molecule has 90 valence electrons. The number of nitrogens with one attached hydrogen (secondary N) is 1. The zero-order chi connectivity index (χ0) is 12.1. The predicted molar refractivity (Wildman–Crippen MR) is 60.3 cm³/mol. The molecule has 0 aliphatic heterocycles. The molecule has 0 bridgehead atoms. The molecule has 0 aliphatic carbocycles. The molecular formula is C10H17N3O3. The molecule has 16 heavy (non-hydrogen) atoms. The molecule has 1 aromatic rings. The number of ether oxygens (including phenoxy) is 3. The number of rotatable bonds is 5. The van der Waals surface area contributed by atoms with Gasteiger partial charge in [-0.15, -0.1) is 0 Å². The minimum atomic E-state index is -0.533. The molecule has 0 amide bonds. The zero-order valence-electron chi connectivity index (χ0n) is 9.61. The fourth-order valence-corrected chi connectivity index (χ4v) is 1.39. The van der Waals surface area contributed by atoms with Gasteiger partial charge < -0.3 is 19.9 Å². The van der Waals surface area contributed by atoms with Gasteiger partial charge in [0.25, 0.3) is 0 Å². The molecule has 1 atom stereocenters. The molecule has 1 aromatic carbocycles. The van der Waals surface area contributed by atoms with Crippen molar-refractivity contribution < 1.29 is 14.2 Å². The first kappa shape index (κ1) is 12.6. The molecule has 0 spiro atoms. The van der Waals surface area contributed by atoms with Gasteiger partial charge in [-0.05, 0) is 6.07 Å². The third-order valence-electron chi connectivity index (χ3n) is 2.25.